The molecule has 0 atom stereocenters. The first-order valence-electron chi connectivity index (χ1n) is 5.47. The fourth-order valence-electron chi connectivity index (χ4n) is 1.54. The molecular weight excluding hydrogens is 292 g/mol. The minimum absolute atomic E-state index is 0.0365. The second kappa shape index (κ2) is 5.83. The highest BCUT2D eigenvalue weighted by Crippen LogP contribution is 2.33. The molecule has 2 aromatic rings. The van der Waals surface area contributed by atoms with Gasteiger partial charge in [0, 0.05) is 18.0 Å². The first-order valence-corrected chi connectivity index (χ1v) is 6.01. The zero-order valence-electron chi connectivity index (χ0n) is 9.98. The topological polar surface area (TPSA) is 52.4 Å². The first-order chi connectivity index (χ1) is 9.51. The van der Waals surface area contributed by atoms with E-state index in [4.69, 9.17) is 16.3 Å². The summed E-state index contributed by atoms with van der Waals surface area (Å²) in [5, 5.41) is 10.9. The van der Waals surface area contributed by atoms with Crippen LogP contribution in [0.4, 0.5) is 14.5 Å². The van der Waals surface area contributed by atoms with E-state index in [1.165, 1.54) is 18.2 Å². The Morgan fingerprint density at radius 3 is 2.50 bits per heavy atom. The molecule has 0 heterocycles. The van der Waals surface area contributed by atoms with E-state index < -0.39 is 16.6 Å². The molecule has 0 fully saturated rings. The average Bonchev–Trinajstić information content (AvgIpc) is 2.43. The molecule has 0 saturated heterocycles. The van der Waals surface area contributed by atoms with Gasteiger partial charge in [-0.2, -0.15) is 0 Å². The highest BCUT2D eigenvalue weighted by Gasteiger charge is 2.17. The fourth-order valence-corrected chi connectivity index (χ4v) is 1.71. The van der Waals surface area contributed by atoms with Crippen molar-refractivity contribution in [3.05, 3.63) is 63.7 Å². The second-order valence-corrected chi connectivity index (χ2v) is 4.14. The molecule has 2 rings (SSSR count). The maximum Gasteiger partial charge on any atom is 0.311 e. The van der Waals surface area contributed by atoms with Crippen molar-refractivity contribution >= 4 is 17.3 Å². The van der Waals surface area contributed by atoms with Gasteiger partial charge in [-0.1, -0.05) is 6.07 Å². The Morgan fingerprint density at radius 1 is 1.15 bits per heavy atom. The molecule has 0 saturated carbocycles. The zero-order chi connectivity index (χ0) is 14.7. The van der Waals surface area contributed by atoms with Gasteiger partial charge in [0.25, 0.3) is 0 Å². The van der Waals surface area contributed by atoms with E-state index >= 15 is 0 Å². The van der Waals surface area contributed by atoms with Gasteiger partial charge in [-0.05, 0) is 23.8 Å². The van der Waals surface area contributed by atoms with Gasteiger partial charge in [0.1, 0.15) is 5.75 Å². The van der Waals surface area contributed by atoms with Crippen molar-refractivity contribution in [3.8, 4) is 11.5 Å². The SMILES string of the molecule is O=[N+]([O-])c1cc(CCl)ccc1Oc1ccc(F)c(F)c1. The highest BCUT2D eigenvalue weighted by molar-refractivity contribution is 6.17. The van der Waals surface area contributed by atoms with Gasteiger partial charge in [0.15, 0.2) is 11.6 Å². The predicted molar refractivity (Wildman–Crippen MR) is 69.1 cm³/mol. The number of hydrogen-bond donors (Lipinski definition) is 0. The molecule has 0 amide bonds. The molecule has 0 aliphatic heterocycles. The molecule has 0 bridgehead atoms. The molecule has 0 aliphatic carbocycles. The molecule has 2 aromatic carbocycles. The van der Waals surface area contributed by atoms with E-state index in [0.717, 1.165) is 12.1 Å². The van der Waals surface area contributed by atoms with Gasteiger partial charge in [-0.15, -0.1) is 11.6 Å². The Kier molecular flexibility index (Phi) is 4.14. The first kappa shape index (κ1) is 14.2. The average molecular weight is 300 g/mol. The summed E-state index contributed by atoms with van der Waals surface area (Å²) in [7, 11) is 0. The van der Waals surface area contributed by atoms with Crippen molar-refractivity contribution in [1.29, 1.82) is 0 Å². The number of ether oxygens (including phenoxy) is 1. The van der Waals surface area contributed by atoms with Crippen LogP contribution in [0.2, 0.25) is 0 Å². The van der Waals surface area contributed by atoms with Crippen LogP contribution in [0.3, 0.4) is 0 Å². The molecule has 20 heavy (non-hydrogen) atoms. The number of nitrogens with zero attached hydrogens (tertiary/aromatic N) is 1. The molecule has 0 spiro atoms. The highest BCUT2D eigenvalue weighted by atomic mass is 35.5. The summed E-state index contributed by atoms with van der Waals surface area (Å²) >= 11 is 5.60. The Hall–Kier alpha value is -2.21. The lowest BCUT2D eigenvalue weighted by molar-refractivity contribution is -0.385. The van der Waals surface area contributed by atoms with Crippen molar-refractivity contribution < 1.29 is 18.4 Å². The fraction of sp³-hybridized carbons (Fsp3) is 0.0769. The molecular formula is C13H8ClF2NO3. The van der Waals surface area contributed by atoms with Crippen molar-refractivity contribution in [1.82, 2.24) is 0 Å². The van der Waals surface area contributed by atoms with E-state index in [2.05, 4.69) is 0 Å². The lowest BCUT2D eigenvalue weighted by Crippen LogP contribution is -1.95. The van der Waals surface area contributed by atoms with Gasteiger partial charge in [-0.3, -0.25) is 10.1 Å². The normalized spacial score (nSPS) is 10.3. The molecule has 4 nitrogen and oxygen atoms in total. The smallest absolute Gasteiger partial charge is 0.311 e. The molecule has 0 aromatic heterocycles. The van der Waals surface area contributed by atoms with Crippen LogP contribution in [0.5, 0.6) is 11.5 Å². The third kappa shape index (κ3) is 3.03. The van der Waals surface area contributed by atoms with Crippen molar-refractivity contribution in [2.24, 2.45) is 0 Å². The van der Waals surface area contributed by atoms with Crippen LogP contribution < -0.4 is 4.74 Å². The Balaban J connectivity index is 2.37. The van der Waals surface area contributed by atoms with Crippen LogP contribution in [0.15, 0.2) is 36.4 Å². The van der Waals surface area contributed by atoms with Crippen LogP contribution in [0.1, 0.15) is 5.56 Å². The van der Waals surface area contributed by atoms with E-state index in [-0.39, 0.29) is 23.1 Å². The summed E-state index contributed by atoms with van der Waals surface area (Å²) in [6, 6.07) is 7.05. The van der Waals surface area contributed by atoms with Crippen LogP contribution in [0.25, 0.3) is 0 Å². The summed E-state index contributed by atoms with van der Waals surface area (Å²) in [5.41, 5.74) is 0.254. The summed E-state index contributed by atoms with van der Waals surface area (Å²) < 4.78 is 31.1. The molecule has 0 N–H and O–H groups in total. The standard InChI is InChI=1S/C13H8ClF2NO3/c14-7-8-1-4-13(12(5-8)17(18)19)20-9-2-3-10(15)11(16)6-9/h1-6H,7H2. The van der Waals surface area contributed by atoms with Gasteiger partial charge in [-0.25, -0.2) is 8.78 Å². The summed E-state index contributed by atoms with van der Waals surface area (Å²) in [5.74, 6) is -2.11. The number of nitro benzene ring substituents is 1. The number of hydrogen-bond acceptors (Lipinski definition) is 3. The van der Waals surface area contributed by atoms with Gasteiger partial charge < -0.3 is 4.74 Å². The number of halogens is 3. The Labute approximate surface area is 117 Å². The largest absolute Gasteiger partial charge is 0.450 e. The number of alkyl halides is 1. The summed E-state index contributed by atoms with van der Waals surface area (Å²) in [6.07, 6.45) is 0. The zero-order valence-corrected chi connectivity index (χ0v) is 10.7. The number of nitro groups is 1. The lowest BCUT2D eigenvalue weighted by atomic mass is 10.2. The monoisotopic (exact) mass is 299 g/mol. The van der Waals surface area contributed by atoms with Crippen LogP contribution in [-0.4, -0.2) is 4.92 Å². The maximum absolute atomic E-state index is 13.1. The van der Waals surface area contributed by atoms with Crippen LogP contribution >= 0.6 is 11.6 Å². The van der Waals surface area contributed by atoms with E-state index in [1.54, 1.807) is 6.07 Å². The van der Waals surface area contributed by atoms with Crippen molar-refractivity contribution in [2.75, 3.05) is 0 Å². The van der Waals surface area contributed by atoms with Crippen molar-refractivity contribution in [2.45, 2.75) is 5.88 Å². The summed E-state index contributed by atoms with van der Waals surface area (Å²) in [6.45, 7) is 0. The Bertz CT molecular complexity index is 664. The Morgan fingerprint density at radius 2 is 1.90 bits per heavy atom. The minimum Gasteiger partial charge on any atom is -0.450 e. The molecule has 7 heteroatoms. The number of rotatable bonds is 4. The second-order valence-electron chi connectivity index (χ2n) is 3.87. The number of benzene rings is 2. The molecule has 0 radical (unpaired) electrons. The van der Waals surface area contributed by atoms with E-state index in [1.807, 2.05) is 0 Å². The van der Waals surface area contributed by atoms with E-state index in [9.17, 15) is 18.9 Å². The third-order valence-corrected chi connectivity index (χ3v) is 2.80. The quantitative estimate of drug-likeness (QED) is 0.477. The lowest BCUT2D eigenvalue weighted by Gasteiger charge is -2.07. The van der Waals surface area contributed by atoms with Crippen molar-refractivity contribution in [3.63, 3.8) is 0 Å². The third-order valence-electron chi connectivity index (χ3n) is 2.49. The van der Waals surface area contributed by atoms with Crippen LogP contribution in [-0.2, 0) is 5.88 Å². The van der Waals surface area contributed by atoms with Crippen LogP contribution in [0, 0.1) is 21.7 Å². The van der Waals surface area contributed by atoms with Gasteiger partial charge >= 0.3 is 5.69 Å². The maximum atomic E-state index is 13.1. The minimum atomic E-state index is -1.09. The molecule has 0 unspecified atom stereocenters. The van der Waals surface area contributed by atoms with Gasteiger partial charge in [0.05, 0.1) is 4.92 Å². The molecule has 104 valence electrons. The van der Waals surface area contributed by atoms with Gasteiger partial charge in [0.2, 0.25) is 5.75 Å². The van der Waals surface area contributed by atoms with E-state index in [0.29, 0.717) is 5.56 Å². The molecule has 0 aliphatic rings. The predicted octanol–water partition coefficient (Wildman–Crippen LogP) is 4.40. The summed E-state index contributed by atoms with van der Waals surface area (Å²) in [4.78, 5) is 10.3.